The first kappa shape index (κ1) is 18.7. The molecule has 0 aromatic heterocycles. The number of carboxylic acid groups (broad SMARTS) is 1. The Morgan fingerprint density at radius 3 is 2.48 bits per heavy atom. The van der Waals surface area contributed by atoms with E-state index in [1.54, 1.807) is 0 Å². The van der Waals surface area contributed by atoms with Gasteiger partial charge in [0.05, 0.1) is 11.3 Å². The molecule has 0 heterocycles. The third kappa shape index (κ3) is 3.59. The van der Waals surface area contributed by atoms with E-state index in [1.807, 2.05) is 0 Å². The Bertz CT molecular complexity index is 917. The van der Waals surface area contributed by atoms with Crippen LogP contribution in [0, 0.1) is 17.5 Å². The van der Waals surface area contributed by atoms with Crippen molar-refractivity contribution in [1.82, 2.24) is 0 Å². The molecule has 6 nitrogen and oxygen atoms in total. The summed E-state index contributed by atoms with van der Waals surface area (Å²) in [6.07, 6.45) is 0. The van der Waals surface area contributed by atoms with E-state index in [0.29, 0.717) is 16.4 Å². The summed E-state index contributed by atoms with van der Waals surface area (Å²) in [6, 6.07) is 4.79. The second-order valence-corrected chi connectivity index (χ2v) is 6.62. The van der Waals surface area contributed by atoms with Crippen LogP contribution in [0.4, 0.5) is 18.9 Å². The van der Waals surface area contributed by atoms with Crippen molar-refractivity contribution >= 4 is 21.7 Å². The van der Waals surface area contributed by atoms with Crippen LogP contribution < -0.4 is 4.31 Å². The highest BCUT2D eigenvalue weighted by Gasteiger charge is 2.31. The lowest BCUT2D eigenvalue weighted by atomic mass is 10.2. The lowest BCUT2D eigenvalue weighted by Gasteiger charge is -2.24. The normalized spacial score (nSPS) is 11.4. The van der Waals surface area contributed by atoms with Gasteiger partial charge >= 0.3 is 5.97 Å². The molecule has 0 bridgehead atoms. The van der Waals surface area contributed by atoms with Crippen molar-refractivity contribution < 1.29 is 36.2 Å². The van der Waals surface area contributed by atoms with Gasteiger partial charge in [-0.25, -0.2) is 30.7 Å². The van der Waals surface area contributed by atoms with E-state index in [-0.39, 0.29) is 0 Å². The summed E-state index contributed by atoms with van der Waals surface area (Å²) in [6.45, 7) is -0.752. The fraction of sp³-hybridized carbons (Fsp3) is 0.133. The molecule has 0 unspecified atom stereocenters. The molecule has 10 heteroatoms. The number of benzene rings is 2. The first-order chi connectivity index (χ1) is 11.7. The van der Waals surface area contributed by atoms with Gasteiger partial charge in [-0.15, -0.1) is 0 Å². The number of carbonyl (C=O) groups is 1. The number of halogens is 3. The van der Waals surface area contributed by atoms with E-state index in [0.717, 1.165) is 31.4 Å². The molecule has 0 amide bonds. The standard InChI is InChI=1S/C15H12F3NO5S/c1-24-8-19(12-4-2-3-10(14(12)18)15(20)21)25(22,23)13-7-9(16)5-6-11(13)17/h2-7H,8H2,1H3,(H,20,21). The fourth-order valence-corrected chi connectivity index (χ4v) is 3.51. The molecule has 134 valence electrons. The maximum Gasteiger partial charge on any atom is 0.338 e. The summed E-state index contributed by atoms with van der Waals surface area (Å²) in [5, 5.41) is 8.95. The summed E-state index contributed by atoms with van der Waals surface area (Å²) in [5.41, 5.74) is -1.46. The van der Waals surface area contributed by atoms with Crippen LogP contribution in [-0.2, 0) is 14.8 Å². The first-order valence-corrected chi connectivity index (χ1v) is 8.12. The van der Waals surface area contributed by atoms with Gasteiger partial charge in [-0.05, 0) is 30.3 Å². The van der Waals surface area contributed by atoms with Crippen molar-refractivity contribution in [2.75, 3.05) is 18.1 Å². The highest BCUT2D eigenvalue weighted by molar-refractivity contribution is 7.92. The van der Waals surface area contributed by atoms with Crippen molar-refractivity contribution in [3.63, 3.8) is 0 Å². The quantitative estimate of drug-likeness (QED) is 0.785. The van der Waals surface area contributed by atoms with Crippen LogP contribution in [0.1, 0.15) is 10.4 Å². The molecule has 2 aromatic rings. The number of nitrogens with zero attached hydrogens (tertiary/aromatic N) is 1. The van der Waals surface area contributed by atoms with Gasteiger partial charge in [0, 0.05) is 7.11 Å². The topological polar surface area (TPSA) is 83.9 Å². The van der Waals surface area contributed by atoms with Crippen molar-refractivity contribution in [2.24, 2.45) is 0 Å². The molecule has 0 aliphatic heterocycles. The number of anilines is 1. The molecule has 0 radical (unpaired) electrons. The fourth-order valence-electron chi connectivity index (χ4n) is 2.06. The van der Waals surface area contributed by atoms with Crippen LogP contribution in [-0.4, -0.2) is 33.3 Å². The Hall–Kier alpha value is -2.59. The number of hydrogen-bond acceptors (Lipinski definition) is 4. The zero-order valence-electron chi connectivity index (χ0n) is 12.7. The van der Waals surface area contributed by atoms with Crippen LogP contribution in [0.2, 0.25) is 0 Å². The molecule has 0 spiro atoms. The van der Waals surface area contributed by atoms with E-state index >= 15 is 0 Å². The average Bonchev–Trinajstić information content (AvgIpc) is 2.55. The second kappa shape index (κ2) is 7.11. The molecule has 0 saturated heterocycles. The molecule has 0 fully saturated rings. The van der Waals surface area contributed by atoms with Gasteiger partial charge in [-0.1, -0.05) is 6.07 Å². The Balaban J connectivity index is 2.68. The Morgan fingerprint density at radius 1 is 1.20 bits per heavy atom. The molecule has 0 aliphatic carbocycles. The Labute approximate surface area is 141 Å². The zero-order chi connectivity index (χ0) is 18.8. The number of carboxylic acids is 1. The van der Waals surface area contributed by atoms with Crippen LogP contribution in [0.3, 0.4) is 0 Å². The van der Waals surface area contributed by atoms with Crippen molar-refractivity contribution in [3.8, 4) is 0 Å². The summed E-state index contributed by atoms with van der Waals surface area (Å²) in [4.78, 5) is 9.99. The summed E-state index contributed by atoms with van der Waals surface area (Å²) in [7, 11) is -3.67. The van der Waals surface area contributed by atoms with Crippen molar-refractivity contribution in [3.05, 3.63) is 59.4 Å². The molecule has 2 aromatic carbocycles. The van der Waals surface area contributed by atoms with E-state index in [2.05, 4.69) is 0 Å². The maximum absolute atomic E-state index is 14.4. The molecule has 0 aliphatic rings. The lowest BCUT2D eigenvalue weighted by molar-refractivity contribution is 0.0692. The predicted molar refractivity (Wildman–Crippen MR) is 81.3 cm³/mol. The van der Waals surface area contributed by atoms with E-state index < -0.39 is 56.3 Å². The van der Waals surface area contributed by atoms with Gasteiger partial charge in [0.2, 0.25) is 0 Å². The van der Waals surface area contributed by atoms with E-state index in [9.17, 15) is 26.4 Å². The highest BCUT2D eigenvalue weighted by atomic mass is 32.2. The maximum atomic E-state index is 14.4. The predicted octanol–water partition coefficient (Wildman–Crippen LogP) is 2.60. The van der Waals surface area contributed by atoms with Crippen LogP contribution in [0.25, 0.3) is 0 Å². The monoisotopic (exact) mass is 375 g/mol. The summed E-state index contributed by atoms with van der Waals surface area (Å²) >= 11 is 0. The highest BCUT2D eigenvalue weighted by Crippen LogP contribution is 2.29. The molecular formula is C15H12F3NO5S. The molecule has 2 rings (SSSR count). The molecule has 0 atom stereocenters. The van der Waals surface area contributed by atoms with Crippen molar-refractivity contribution in [1.29, 1.82) is 0 Å². The number of sulfonamides is 1. The smallest absolute Gasteiger partial charge is 0.338 e. The average molecular weight is 375 g/mol. The number of ether oxygens (including phenoxy) is 1. The third-order valence-corrected chi connectivity index (χ3v) is 4.94. The SMILES string of the molecule is COCN(c1cccc(C(=O)O)c1F)S(=O)(=O)c1cc(F)ccc1F. The van der Waals surface area contributed by atoms with Gasteiger partial charge in [-0.2, -0.15) is 0 Å². The van der Waals surface area contributed by atoms with Crippen molar-refractivity contribution in [2.45, 2.75) is 4.90 Å². The van der Waals surface area contributed by atoms with E-state index in [4.69, 9.17) is 9.84 Å². The Kier molecular flexibility index (Phi) is 5.33. The van der Waals surface area contributed by atoms with Crippen LogP contribution in [0.15, 0.2) is 41.3 Å². The molecule has 25 heavy (non-hydrogen) atoms. The van der Waals surface area contributed by atoms with E-state index in [1.165, 1.54) is 0 Å². The number of aromatic carboxylic acids is 1. The largest absolute Gasteiger partial charge is 0.478 e. The lowest BCUT2D eigenvalue weighted by Crippen LogP contribution is -2.34. The minimum absolute atomic E-state index is 0.312. The number of hydrogen-bond donors (Lipinski definition) is 1. The molecular weight excluding hydrogens is 363 g/mol. The molecule has 0 saturated carbocycles. The van der Waals surface area contributed by atoms with Gasteiger partial charge in [0.25, 0.3) is 10.0 Å². The number of rotatable bonds is 6. The molecule has 1 N–H and O–H groups in total. The summed E-state index contributed by atoms with van der Waals surface area (Å²) in [5.74, 6) is -5.24. The number of methoxy groups -OCH3 is 1. The third-order valence-electron chi connectivity index (χ3n) is 3.19. The minimum Gasteiger partial charge on any atom is -0.478 e. The summed E-state index contributed by atoms with van der Waals surface area (Å²) < 4.78 is 72.0. The van der Waals surface area contributed by atoms with Crippen LogP contribution in [0.5, 0.6) is 0 Å². The first-order valence-electron chi connectivity index (χ1n) is 6.68. The zero-order valence-corrected chi connectivity index (χ0v) is 13.6. The second-order valence-electron chi connectivity index (χ2n) is 4.79. The van der Waals surface area contributed by atoms with Gasteiger partial charge in [0.15, 0.2) is 5.82 Å². The Morgan fingerprint density at radius 2 is 1.88 bits per heavy atom. The van der Waals surface area contributed by atoms with Crippen LogP contribution >= 0.6 is 0 Å². The van der Waals surface area contributed by atoms with Gasteiger partial charge in [-0.3, -0.25) is 0 Å². The van der Waals surface area contributed by atoms with Gasteiger partial charge in [0.1, 0.15) is 23.3 Å². The van der Waals surface area contributed by atoms with Gasteiger partial charge < -0.3 is 9.84 Å². The minimum atomic E-state index is -4.77.